The van der Waals surface area contributed by atoms with Crippen LogP contribution in [0.25, 0.3) is 0 Å². The van der Waals surface area contributed by atoms with Crippen LogP contribution in [0.15, 0.2) is 0 Å². The van der Waals surface area contributed by atoms with Crippen molar-refractivity contribution in [3.05, 3.63) is 0 Å². The van der Waals surface area contributed by atoms with Gasteiger partial charge in [-0.15, -0.1) is 0 Å². The van der Waals surface area contributed by atoms with Crippen LogP contribution >= 0.6 is 0 Å². The molecule has 0 aromatic rings. The summed E-state index contributed by atoms with van der Waals surface area (Å²) in [5.41, 5.74) is 16.3. The fourth-order valence-corrected chi connectivity index (χ4v) is 2.80. The monoisotopic (exact) mass is 474 g/mol. The zero-order valence-electron chi connectivity index (χ0n) is 19.4. The Balaban J connectivity index is 5.42. The maximum Gasteiger partial charge on any atom is 0.326 e. The molecular weight excluding hydrogens is 436 g/mol. The van der Waals surface area contributed by atoms with Crippen molar-refractivity contribution in [1.29, 1.82) is 0 Å². The molecule has 0 aliphatic carbocycles. The van der Waals surface area contributed by atoms with Gasteiger partial charge in [0, 0.05) is 6.42 Å². The highest BCUT2D eigenvalue weighted by atomic mass is 16.4. The molecule has 5 unspecified atom stereocenters. The molecule has 0 bridgehead atoms. The minimum atomic E-state index is -1.51. The molecule has 4 amide bonds. The van der Waals surface area contributed by atoms with Gasteiger partial charge in [-0.05, 0) is 45.1 Å². The van der Waals surface area contributed by atoms with E-state index in [1.165, 1.54) is 6.92 Å². The lowest BCUT2D eigenvalue weighted by Gasteiger charge is -2.27. The first-order valence-electron chi connectivity index (χ1n) is 10.9. The van der Waals surface area contributed by atoms with Crippen molar-refractivity contribution in [1.82, 2.24) is 16.0 Å². The minimum absolute atomic E-state index is 0.179. The summed E-state index contributed by atoms with van der Waals surface area (Å²) in [5, 5.41) is 26.4. The van der Waals surface area contributed by atoms with Crippen LogP contribution in [0.1, 0.15) is 52.9 Å². The summed E-state index contributed by atoms with van der Waals surface area (Å²) in [5.74, 6) is -4.60. The number of aliphatic hydroxyl groups excluding tert-OH is 1. The van der Waals surface area contributed by atoms with Crippen molar-refractivity contribution in [3.63, 3.8) is 0 Å². The van der Waals surface area contributed by atoms with Crippen LogP contribution in [0.5, 0.6) is 0 Å². The Morgan fingerprint density at radius 1 is 0.848 bits per heavy atom. The van der Waals surface area contributed by atoms with E-state index in [2.05, 4.69) is 16.0 Å². The lowest BCUT2D eigenvalue weighted by atomic mass is 10.0. The number of aliphatic carboxylic acids is 1. The van der Waals surface area contributed by atoms with E-state index in [0.717, 1.165) is 0 Å². The van der Waals surface area contributed by atoms with Gasteiger partial charge in [0.2, 0.25) is 23.6 Å². The molecule has 0 rings (SSSR count). The van der Waals surface area contributed by atoms with Gasteiger partial charge in [0.05, 0.1) is 12.1 Å². The van der Waals surface area contributed by atoms with Crippen molar-refractivity contribution >= 4 is 29.6 Å². The number of aliphatic hydroxyl groups is 1. The maximum atomic E-state index is 12.9. The minimum Gasteiger partial charge on any atom is -0.480 e. The van der Waals surface area contributed by atoms with Crippen LogP contribution in [0.2, 0.25) is 0 Å². The Hall–Kier alpha value is -2.77. The molecule has 0 radical (unpaired) electrons. The summed E-state index contributed by atoms with van der Waals surface area (Å²) < 4.78 is 0. The first kappa shape index (κ1) is 30.2. The average molecular weight is 475 g/mol. The number of unbranched alkanes of at least 4 members (excludes halogenated alkanes) is 1. The van der Waals surface area contributed by atoms with Crippen LogP contribution in [0.3, 0.4) is 0 Å². The number of hydrogen-bond acceptors (Lipinski definition) is 8. The molecule has 0 fully saturated rings. The molecule has 0 saturated heterocycles. The third kappa shape index (κ3) is 11.6. The third-order valence-corrected chi connectivity index (χ3v) is 4.96. The van der Waals surface area contributed by atoms with E-state index in [1.54, 1.807) is 13.8 Å². The Morgan fingerprint density at radius 2 is 1.42 bits per heavy atom. The molecule has 0 aliphatic rings. The highest BCUT2D eigenvalue weighted by molar-refractivity contribution is 5.94. The summed E-state index contributed by atoms with van der Waals surface area (Å²) in [7, 11) is 0. The van der Waals surface area contributed by atoms with E-state index in [9.17, 15) is 34.2 Å². The van der Waals surface area contributed by atoms with Crippen molar-refractivity contribution < 1.29 is 34.2 Å². The van der Waals surface area contributed by atoms with Gasteiger partial charge in [-0.1, -0.05) is 13.8 Å². The molecule has 0 aromatic carbocycles. The number of nitrogens with two attached hydrogens (primary N) is 3. The fourth-order valence-electron chi connectivity index (χ4n) is 2.80. The molecule has 13 nitrogen and oxygen atoms in total. The van der Waals surface area contributed by atoms with Gasteiger partial charge < -0.3 is 43.4 Å². The number of carbonyl (C=O) groups is 5. The van der Waals surface area contributed by atoms with Gasteiger partial charge in [-0.3, -0.25) is 19.2 Å². The zero-order chi connectivity index (χ0) is 25.7. The fraction of sp³-hybridized carbons (Fsp3) is 0.750. The van der Waals surface area contributed by atoms with Crippen molar-refractivity contribution in [3.8, 4) is 0 Å². The van der Waals surface area contributed by atoms with Gasteiger partial charge in [-0.2, -0.15) is 0 Å². The first-order valence-corrected chi connectivity index (χ1v) is 10.9. The maximum absolute atomic E-state index is 12.9. The van der Waals surface area contributed by atoms with E-state index in [4.69, 9.17) is 17.2 Å². The molecule has 11 N–H and O–H groups in total. The number of primary amides is 1. The van der Waals surface area contributed by atoms with Crippen LogP contribution in [-0.4, -0.2) is 76.6 Å². The van der Waals surface area contributed by atoms with Gasteiger partial charge >= 0.3 is 5.97 Å². The lowest BCUT2D eigenvalue weighted by Crippen LogP contribution is -2.60. The lowest BCUT2D eigenvalue weighted by molar-refractivity contribution is -0.143. The number of carboxylic acids is 1. The largest absolute Gasteiger partial charge is 0.480 e. The topological polar surface area (TPSA) is 240 Å². The standard InChI is InChI=1S/C20H38N6O7/c1-10(2)15(23)18(30)24-12(6-4-5-9-21)17(29)26-16(11(3)27)19(31)25-13(20(32)33)7-8-14(22)28/h10-13,15-16,27H,4-9,21,23H2,1-3H3,(H2,22,28)(H,24,30)(H,25,31)(H,26,29)(H,32,33). The summed E-state index contributed by atoms with van der Waals surface area (Å²) in [6, 6.07) is -4.87. The molecular formula is C20H38N6O7. The summed E-state index contributed by atoms with van der Waals surface area (Å²) in [6.07, 6.45) is -0.625. The number of nitrogens with one attached hydrogen (secondary N) is 3. The van der Waals surface area contributed by atoms with E-state index >= 15 is 0 Å². The van der Waals surface area contributed by atoms with Gasteiger partial charge in [0.15, 0.2) is 0 Å². The van der Waals surface area contributed by atoms with Crippen LogP contribution in [0, 0.1) is 5.92 Å². The molecule has 5 atom stereocenters. The Labute approximate surface area is 193 Å². The van der Waals surface area contributed by atoms with Crippen LogP contribution in [-0.2, 0) is 24.0 Å². The second-order valence-corrected chi connectivity index (χ2v) is 8.25. The van der Waals surface area contributed by atoms with Gasteiger partial charge in [0.25, 0.3) is 0 Å². The predicted molar refractivity (Wildman–Crippen MR) is 119 cm³/mol. The normalized spacial score (nSPS) is 15.6. The van der Waals surface area contributed by atoms with Gasteiger partial charge in [-0.25, -0.2) is 4.79 Å². The third-order valence-electron chi connectivity index (χ3n) is 4.96. The second-order valence-electron chi connectivity index (χ2n) is 8.25. The second kappa shape index (κ2) is 15.1. The molecule has 33 heavy (non-hydrogen) atoms. The van der Waals surface area contributed by atoms with E-state index in [1.807, 2.05) is 0 Å². The van der Waals surface area contributed by atoms with E-state index in [0.29, 0.717) is 19.4 Å². The highest BCUT2D eigenvalue weighted by Crippen LogP contribution is 2.06. The average Bonchev–Trinajstić information content (AvgIpc) is 2.72. The molecule has 0 aromatic heterocycles. The first-order chi connectivity index (χ1) is 15.3. The number of rotatable bonds is 16. The number of amides is 4. The summed E-state index contributed by atoms with van der Waals surface area (Å²) in [4.78, 5) is 60.1. The van der Waals surface area contributed by atoms with Crippen molar-refractivity contribution in [2.75, 3.05) is 6.54 Å². The van der Waals surface area contributed by atoms with Crippen molar-refractivity contribution in [2.24, 2.45) is 23.1 Å². The highest BCUT2D eigenvalue weighted by Gasteiger charge is 2.32. The summed E-state index contributed by atoms with van der Waals surface area (Å²) >= 11 is 0. The smallest absolute Gasteiger partial charge is 0.326 e. The van der Waals surface area contributed by atoms with Gasteiger partial charge in [0.1, 0.15) is 18.1 Å². The number of carbonyl (C=O) groups excluding carboxylic acids is 4. The number of hydrogen-bond donors (Lipinski definition) is 8. The molecule has 0 saturated carbocycles. The molecule has 0 aliphatic heterocycles. The molecule has 0 heterocycles. The Bertz CT molecular complexity index is 686. The van der Waals surface area contributed by atoms with Crippen LogP contribution < -0.4 is 33.2 Å². The Morgan fingerprint density at radius 3 is 1.88 bits per heavy atom. The van der Waals surface area contributed by atoms with E-state index < -0.39 is 59.9 Å². The SMILES string of the molecule is CC(C)C(N)C(=O)NC(CCCCN)C(=O)NC(C(=O)NC(CCC(N)=O)C(=O)O)C(C)O. The van der Waals surface area contributed by atoms with Crippen LogP contribution in [0.4, 0.5) is 0 Å². The Kier molecular flexibility index (Phi) is 13.9. The zero-order valence-corrected chi connectivity index (χ0v) is 19.4. The molecule has 190 valence electrons. The number of carboxylic acid groups (broad SMARTS) is 1. The molecule has 13 heteroatoms. The van der Waals surface area contributed by atoms with E-state index in [-0.39, 0.29) is 25.2 Å². The quantitative estimate of drug-likeness (QED) is 0.108. The molecule has 0 spiro atoms. The predicted octanol–water partition coefficient (Wildman–Crippen LogP) is -2.72. The summed E-state index contributed by atoms with van der Waals surface area (Å²) in [6.45, 7) is 5.12. The van der Waals surface area contributed by atoms with Crippen molar-refractivity contribution in [2.45, 2.75) is 83.1 Å².